The van der Waals surface area contributed by atoms with Crippen molar-refractivity contribution in [3.63, 3.8) is 0 Å². The number of esters is 1. The molecule has 0 saturated heterocycles. The first-order chi connectivity index (χ1) is 6.29. The van der Waals surface area contributed by atoms with E-state index in [1.807, 2.05) is 0 Å². The lowest BCUT2D eigenvalue weighted by Crippen LogP contribution is -2.04. The fraction of sp³-hybridized carbons (Fsp3) is 0.727. The lowest BCUT2D eigenvalue weighted by molar-refractivity contribution is -0.136. The molecular formula is C11H18O2. The molecule has 0 aromatic carbocycles. The molecule has 0 N–H and O–H groups in total. The first-order valence-electron chi connectivity index (χ1n) is 5.08. The summed E-state index contributed by atoms with van der Waals surface area (Å²) in [6.45, 7) is 2.17. The van der Waals surface area contributed by atoms with Gasteiger partial charge in [-0.15, -0.1) is 0 Å². The normalized spacial score (nSPS) is 16.5. The van der Waals surface area contributed by atoms with Crippen LogP contribution in [0.25, 0.3) is 0 Å². The van der Waals surface area contributed by atoms with Crippen LogP contribution in [0.5, 0.6) is 0 Å². The quantitative estimate of drug-likeness (QED) is 0.625. The van der Waals surface area contributed by atoms with Gasteiger partial charge in [0.05, 0.1) is 7.11 Å². The number of ether oxygens (including phenoxy) is 1. The molecule has 0 heterocycles. The Hall–Kier alpha value is -0.790. The summed E-state index contributed by atoms with van der Waals surface area (Å²) in [6, 6.07) is 0. The molecule has 0 saturated carbocycles. The minimum absolute atomic E-state index is 0.108. The first kappa shape index (κ1) is 10.3. The van der Waals surface area contributed by atoms with Gasteiger partial charge in [0.2, 0.25) is 0 Å². The lowest BCUT2D eigenvalue weighted by atomic mass is 10.1. The smallest absolute Gasteiger partial charge is 0.333 e. The molecular weight excluding hydrogens is 164 g/mol. The summed E-state index contributed by atoms with van der Waals surface area (Å²) < 4.78 is 4.75. The Morgan fingerprint density at radius 3 is 2.85 bits per heavy atom. The summed E-state index contributed by atoms with van der Waals surface area (Å²) in [7, 11) is 1.46. The van der Waals surface area contributed by atoms with Gasteiger partial charge in [-0.1, -0.05) is 18.9 Å². The molecule has 0 unspecified atom stereocenters. The van der Waals surface area contributed by atoms with Crippen molar-refractivity contribution < 1.29 is 9.53 Å². The molecule has 1 aliphatic rings. The largest absolute Gasteiger partial charge is 0.466 e. The minimum Gasteiger partial charge on any atom is -0.466 e. The highest BCUT2D eigenvalue weighted by molar-refractivity contribution is 5.89. The van der Waals surface area contributed by atoms with E-state index in [0.29, 0.717) is 0 Å². The zero-order chi connectivity index (χ0) is 9.68. The predicted octanol–water partition coefficient (Wildman–Crippen LogP) is 2.83. The standard InChI is InChI=1S/C11H18O2/c1-3-4-6-9-7-5-8-10(9)11(12)13-2/h3-8H2,1-2H3. The lowest BCUT2D eigenvalue weighted by Gasteiger charge is -2.04. The van der Waals surface area contributed by atoms with Crippen LogP contribution >= 0.6 is 0 Å². The van der Waals surface area contributed by atoms with Gasteiger partial charge in [-0.2, -0.15) is 0 Å². The third-order valence-electron chi connectivity index (χ3n) is 2.60. The molecule has 1 rings (SSSR count). The van der Waals surface area contributed by atoms with E-state index in [2.05, 4.69) is 6.92 Å². The van der Waals surface area contributed by atoms with Gasteiger partial charge in [0.25, 0.3) is 0 Å². The van der Waals surface area contributed by atoms with E-state index in [-0.39, 0.29) is 5.97 Å². The second-order valence-corrected chi connectivity index (χ2v) is 3.53. The van der Waals surface area contributed by atoms with Crippen LogP contribution < -0.4 is 0 Å². The van der Waals surface area contributed by atoms with E-state index in [1.165, 1.54) is 25.5 Å². The second kappa shape index (κ2) is 5.05. The fourth-order valence-electron chi connectivity index (χ4n) is 1.84. The number of carbonyl (C=O) groups is 1. The fourth-order valence-corrected chi connectivity index (χ4v) is 1.84. The SMILES string of the molecule is CCCCC1=C(C(=O)OC)CCC1. The Kier molecular flexibility index (Phi) is 4.00. The second-order valence-electron chi connectivity index (χ2n) is 3.53. The number of hydrogen-bond donors (Lipinski definition) is 0. The zero-order valence-corrected chi connectivity index (χ0v) is 8.56. The van der Waals surface area contributed by atoms with Crippen LogP contribution in [0.15, 0.2) is 11.1 Å². The average Bonchev–Trinajstić information content (AvgIpc) is 2.61. The summed E-state index contributed by atoms with van der Waals surface area (Å²) >= 11 is 0. The van der Waals surface area contributed by atoms with Gasteiger partial charge in [0, 0.05) is 5.57 Å². The third kappa shape index (κ3) is 2.58. The number of methoxy groups -OCH3 is 1. The van der Waals surface area contributed by atoms with E-state index in [9.17, 15) is 4.79 Å². The highest BCUT2D eigenvalue weighted by Crippen LogP contribution is 2.30. The zero-order valence-electron chi connectivity index (χ0n) is 8.56. The van der Waals surface area contributed by atoms with Gasteiger partial charge >= 0.3 is 5.97 Å². The van der Waals surface area contributed by atoms with Gasteiger partial charge in [-0.3, -0.25) is 0 Å². The van der Waals surface area contributed by atoms with Crippen LogP contribution in [-0.4, -0.2) is 13.1 Å². The monoisotopic (exact) mass is 182 g/mol. The van der Waals surface area contributed by atoms with Crippen LogP contribution in [0.1, 0.15) is 45.4 Å². The van der Waals surface area contributed by atoms with E-state index in [1.54, 1.807) is 0 Å². The molecule has 2 heteroatoms. The van der Waals surface area contributed by atoms with Crippen LogP contribution in [0.4, 0.5) is 0 Å². The Morgan fingerprint density at radius 1 is 1.46 bits per heavy atom. The van der Waals surface area contributed by atoms with Crippen molar-refractivity contribution >= 4 is 5.97 Å². The maximum Gasteiger partial charge on any atom is 0.333 e. The van der Waals surface area contributed by atoms with Crippen molar-refractivity contribution in [3.8, 4) is 0 Å². The van der Waals surface area contributed by atoms with Crippen molar-refractivity contribution in [1.29, 1.82) is 0 Å². The van der Waals surface area contributed by atoms with Gasteiger partial charge in [-0.05, 0) is 32.1 Å². The number of allylic oxidation sites excluding steroid dienone is 1. The molecule has 0 aromatic heterocycles. The van der Waals surface area contributed by atoms with Crippen molar-refractivity contribution in [1.82, 2.24) is 0 Å². The predicted molar refractivity (Wildman–Crippen MR) is 52.4 cm³/mol. The number of carbonyl (C=O) groups excluding carboxylic acids is 1. The molecule has 0 radical (unpaired) electrons. The molecule has 0 amide bonds. The molecule has 0 fully saturated rings. The molecule has 0 aromatic rings. The van der Waals surface area contributed by atoms with Crippen molar-refractivity contribution in [2.24, 2.45) is 0 Å². The third-order valence-corrected chi connectivity index (χ3v) is 2.60. The number of rotatable bonds is 4. The van der Waals surface area contributed by atoms with Crippen LogP contribution in [0.3, 0.4) is 0 Å². The van der Waals surface area contributed by atoms with Crippen molar-refractivity contribution in [2.45, 2.75) is 45.4 Å². The van der Waals surface area contributed by atoms with Crippen LogP contribution in [0, 0.1) is 0 Å². The molecule has 0 bridgehead atoms. The molecule has 13 heavy (non-hydrogen) atoms. The van der Waals surface area contributed by atoms with E-state index < -0.39 is 0 Å². The van der Waals surface area contributed by atoms with Gasteiger partial charge < -0.3 is 4.74 Å². The molecule has 2 nitrogen and oxygen atoms in total. The average molecular weight is 182 g/mol. The molecule has 1 aliphatic carbocycles. The number of unbranched alkanes of at least 4 members (excludes halogenated alkanes) is 1. The van der Waals surface area contributed by atoms with E-state index in [0.717, 1.165) is 31.3 Å². The maximum atomic E-state index is 11.3. The maximum absolute atomic E-state index is 11.3. The number of hydrogen-bond acceptors (Lipinski definition) is 2. The molecule has 74 valence electrons. The Morgan fingerprint density at radius 2 is 2.23 bits per heavy atom. The van der Waals surface area contributed by atoms with Gasteiger partial charge in [0.1, 0.15) is 0 Å². The van der Waals surface area contributed by atoms with Crippen LogP contribution in [-0.2, 0) is 9.53 Å². The first-order valence-corrected chi connectivity index (χ1v) is 5.08. The molecule has 0 atom stereocenters. The van der Waals surface area contributed by atoms with E-state index >= 15 is 0 Å². The Labute approximate surface area is 80.0 Å². The molecule has 0 spiro atoms. The van der Waals surface area contributed by atoms with Gasteiger partial charge in [-0.25, -0.2) is 4.79 Å². The topological polar surface area (TPSA) is 26.3 Å². The summed E-state index contributed by atoms with van der Waals surface area (Å²) in [5.41, 5.74) is 2.30. The highest BCUT2D eigenvalue weighted by atomic mass is 16.5. The summed E-state index contributed by atoms with van der Waals surface area (Å²) in [4.78, 5) is 11.3. The minimum atomic E-state index is -0.108. The Bertz CT molecular complexity index is 216. The Balaban J connectivity index is 2.60. The summed E-state index contributed by atoms with van der Waals surface area (Å²) in [6.07, 6.45) is 6.62. The molecule has 0 aliphatic heterocycles. The highest BCUT2D eigenvalue weighted by Gasteiger charge is 2.20. The summed E-state index contributed by atoms with van der Waals surface area (Å²) in [5.74, 6) is -0.108. The van der Waals surface area contributed by atoms with Crippen LogP contribution in [0.2, 0.25) is 0 Å². The summed E-state index contributed by atoms with van der Waals surface area (Å²) in [5, 5.41) is 0. The van der Waals surface area contributed by atoms with Crippen molar-refractivity contribution in [2.75, 3.05) is 7.11 Å². The van der Waals surface area contributed by atoms with Gasteiger partial charge in [0.15, 0.2) is 0 Å². The van der Waals surface area contributed by atoms with Crippen molar-refractivity contribution in [3.05, 3.63) is 11.1 Å². The van der Waals surface area contributed by atoms with E-state index in [4.69, 9.17) is 4.74 Å².